The highest BCUT2D eigenvalue weighted by Gasteiger charge is 2.03. The Morgan fingerprint density at radius 3 is 2.88 bits per heavy atom. The molecule has 0 aliphatic carbocycles. The van der Waals surface area contributed by atoms with Gasteiger partial charge in [-0.3, -0.25) is 4.68 Å². The summed E-state index contributed by atoms with van der Waals surface area (Å²) in [6.45, 7) is 1.86. The molecule has 0 aromatic carbocycles. The molecule has 0 bridgehead atoms. The van der Waals surface area contributed by atoms with E-state index in [4.69, 9.17) is 11.6 Å². The minimum absolute atomic E-state index is 0.142. The van der Waals surface area contributed by atoms with Crippen LogP contribution in [0.3, 0.4) is 0 Å². The van der Waals surface area contributed by atoms with Gasteiger partial charge in [0, 0.05) is 25.0 Å². The molecule has 1 unspecified atom stereocenters. The van der Waals surface area contributed by atoms with Crippen LogP contribution >= 0.6 is 11.6 Å². The molecule has 16 heavy (non-hydrogen) atoms. The molecule has 2 rings (SSSR count). The molecule has 0 amide bonds. The van der Waals surface area contributed by atoms with E-state index in [1.165, 1.54) is 0 Å². The van der Waals surface area contributed by atoms with E-state index in [1.54, 1.807) is 10.9 Å². The summed E-state index contributed by atoms with van der Waals surface area (Å²) in [5.74, 6) is 0.767. The molecule has 0 aliphatic heterocycles. The minimum atomic E-state index is -0.142. The van der Waals surface area contributed by atoms with Crippen LogP contribution in [0.15, 0.2) is 30.7 Å². The Morgan fingerprint density at radius 1 is 1.44 bits per heavy atom. The molecule has 2 aromatic rings. The second-order valence-corrected chi connectivity index (χ2v) is 4.25. The van der Waals surface area contributed by atoms with Gasteiger partial charge in [-0.2, -0.15) is 5.10 Å². The number of aromatic nitrogens is 3. The molecule has 4 nitrogen and oxygen atoms in total. The molecule has 2 heterocycles. The molecule has 0 saturated heterocycles. The molecule has 84 valence electrons. The molecule has 1 N–H and O–H groups in total. The van der Waals surface area contributed by atoms with Gasteiger partial charge in [0.2, 0.25) is 0 Å². The van der Waals surface area contributed by atoms with Gasteiger partial charge in [-0.25, -0.2) is 4.98 Å². The lowest BCUT2D eigenvalue weighted by Gasteiger charge is -2.07. The molecule has 2 aromatic heterocycles. The summed E-state index contributed by atoms with van der Waals surface area (Å²) in [4.78, 5) is 4.19. The van der Waals surface area contributed by atoms with Crippen molar-refractivity contribution in [3.8, 4) is 11.1 Å². The maximum atomic E-state index is 5.85. The van der Waals surface area contributed by atoms with E-state index in [0.717, 1.165) is 16.9 Å². The number of aryl methyl sites for hydroxylation is 1. The van der Waals surface area contributed by atoms with Crippen molar-refractivity contribution in [2.45, 2.75) is 12.4 Å². The number of pyridine rings is 1. The van der Waals surface area contributed by atoms with Gasteiger partial charge in [0.1, 0.15) is 5.82 Å². The molecule has 0 spiro atoms. The SMILES string of the molecule is CC(Cl)Nc1cc(-c2cnn(C)c2)ccn1. The van der Waals surface area contributed by atoms with Gasteiger partial charge < -0.3 is 5.32 Å². The average molecular weight is 237 g/mol. The lowest BCUT2D eigenvalue weighted by molar-refractivity contribution is 0.768. The van der Waals surface area contributed by atoms with Gasteiger partial charge in [0.05, 0.1) is 11.7 Å². The second-order valence-electron chi connectivity index (χ2n) is 3.59. The number of hydrogen-bond acceptors (Lipinski definition) is 3. The Kier molecular flexibility index (Phi) is 3.10. The van der Waals surface area contributed by atoms with Crippen LogP contribution in [0.25, 0.3) is 11.1 Å². The first-order valence-corrected chi connectivity index (χ1v) is 5.44. The van der Waals surface area contributed by atoms with E-state index in [9.17, 15) is 0 Å². The Balaban J connectivity index is 2.28. The first-order valence-electron chi connectivity index (χ1n) is 5.01. The molecule has 0 fully saturated rings. The van der Waals surface area contributed by atoms with Crippen LogP contribution in [0, 0.1) is 0 Å². The van der Waals surface area contributed by atoms with Gasteiger partial charge in [0.15, 0.2) is 0 Å². The zero-order chi connectivity index (χ0) is 11.5. The predicted molar refractivity (Wildman–Crippen MR) is 65.4 cm³/mol. The number of anilines is 1. The third-order valence-corrected chi connectivity index (χ3v) is 2.25. The normalized spacial score (nSPS) is 12.4. The summed E-state index contributed by atoms with van der Waals surface area (Å²) < 4.78 is 1.77. The molecule has 0 aliphatic rings. The minimum Gasteiger partial charge on any atom is -0.354 e. The van der Waals surface area contributed by atoms with E-state index in [0.29, 0.717) is 0 Å². The van der Waals surface area contributed by atoms with E-state index in [2.05, 4.69) is 15.4 Å². The van der Waals surface area contributed by atoms with E-state index in [1.807, 2.05) is 38.5 Å². The summed E-state index contributed by atoms with van der Waals surface area (Å²) in [5, 5.41) is 7.18. The number of hydrogen-bond donors (Lipinski definition) is 1. The Labute approximate surface area is 99.3 Å². The monoisotopic (exact) mass is 236 g/mol. The molecular formula is C11H13ClN4. The van der Waals surface area contributed by atoms with Gasteiger partial charge in [-0.1, -0.05) is 11.6 Å². The van der Waals surface area contributed by atoms with Gasteiger partial charge in [-0.15, -0.1) is 0 Å². The van der Waals surface area contributed by atoms with E-state index < -0.39 is 0 Å². The van der Waals surface area contributed by atoms with Crippen LogP contribution < -0.4 is 5.32 Å². The predicted octanol–water partition coefficient (Wildman–Crippen LogP) is 2.48. The Hall–Kier alpha value is -1.55. The quantitative estimate of drug-likeness (QED) is 0.658. The summed E-state index contributed by atoms with van der Waals surface area (Å²) in [6, 6.07) is 3.90. The van der Waals surface area contributed by atoms with Crippen molar-refractivity contribution in [1.82, 2.24) is 14.8 Å². The number of nitrogens with zero attached hydrogens (tertiary/aromatic N) is 3. The molecular weight excluding hydrogens is 224 g/mol. The van der Waals surface area contributed by atoms with Crippen molar-refractivity contribution in [3.05, 3.63) is 30.7 Å². The number of nitrogens with one attached hydrogen (secondary N) is 1. The average Bonchev–Trinajstić information content (AvgIpc) is 2.64. The number of alkyl halides is 1. The van der Waals surface area contributed by atoms with Crippen molar-refractivity contribution >= 4 is 17.4 Å². The fourth-order valence-corrected chi connectivity index (χ4v) is 1.57. The molecule has 0 radical (unpaired) electrons. The van der Waals surface area contributed by atoms with Crippen molar-refractivity contribution in [3.63, 3.8) is 0 Å². The van der Waals surface area contributed by atoms with Crippen molar-refractivity contribution in [2.24, 2.45) is 7.05 Å². The van der Waals surface area contributed by atoms with Gasteiger partial charge in [-0.05, 0) is 24.6 Å². The van der Waals surface area contributed by atoms with Crippen LogP contribution in [-0.4, -0.2) is 20.3 Å². The first-order chi connectivity index (χ1) is 7.65. The highest BCUT2D eigenvalue weighted by atomic mass is 35.5. The highest BCUT2D eigenvalue weighted by Crippen LogP contribution is 2.20. The summed E-state index contributed by atoms with van der Waals surface area (Å²) >= 11 is 5.85. The van der Waals surface area contributed by atoms with Crippen molar-refractivity contribution < 1.29 is 0 Å². The second kappa shape index (κ2) is 4.53. The standard InChI is InChI=1S/C11H13ClN4/c1-8(12)15-11-5-9(3-4-13-11)10-6-14-16(2)7-10/h3-8H,1-2H3,(H,13,15). The Morgan fingerprint density at radius 2 is 2.25 bits per heavy atom. The lowest BCUT2D eigenvalue weighted by atomic mass is 10.1. The lowest BCUT2D eigenvalue weighted by Crippen LogP contribution is -2.07. The van der Waals surface area contributed by atoms with Crippen LogP contribution in [0.2, 0.25) is 0 Å². The van der Waals surface area contributed by atoms with Crippen LogP contribution in [0.5, 0.6) is 0 Å². The fraction of sp³-hybridized carbons (Fsp3) is 0.273. The van der Waals surface area contributed by atoms with Gasteiger partial charge >= 0.3 is 0 Å². The number of rotatable bonds is 3. The maximum Gasteiger partial charge on any atom is 0.127 e. The van der Waals surface area contributed by atoms with E-state index in [-0.39, 0.29) is 5.50 Å². The van der Waals surface area contributed by atoms with Crippen LogP contribution in [-0.2, 0) is 7.05 Å². The third kappa shape index (κ3) is 2.52. The highest BCUT2D eigenvalue weighted by molar-refractivity contribution is 6.21. The zero-order valence-electron chi connectivity index (χ0n) is 9.18. The van der Waals surface area contributed by atoms with Gasteiger partial charge in [0.25, 0.3) is 0 Å². The van der Waals surface area contributed by atoms with Crippen molar-refractivity contribution in [2.75, 3.05) is 5.32 Å². The first kappa shape index (κ1) is 11.0. The smallest absolute Gasteiger partial charge is 0.127 e. The summed E-state index contributed by atoms with van der Waals surface area (Å²) in [6.07, 6.45) is 5.54. The molecule has 1 atom stereocenters. The topological polar surface area (TPSA) is 42.7 Å². The molecule has 0 saturated carbocycles. The Bertz CT molecular complexity index is 478. The van der Waals surface area contributed by atoms with Crippen LogP contribution in [0.1, 0.15) is 6.92 Å². The largest absolute Gasteiger partial charge is 0.354 e. The zero-order valence-corrected chi connectivity index (χ0v) is 9.94. The van der Waals surface area contributed by atoms with E-state index >= 15 is 0 Å². The maximum absolute atomic E-state index is 5.85. The van der Waals surface area contributed by atoms with Crippen molar-refractivity contribution in [1.29, 1.82) is 0 Å². The van der Waals surface area contributed by atoms with Crippen LogP contribution in [0.4, 0.5) is 5.82 Å². The summed E-state index contributed by atoms with van der Waals surface area (Å²) in [5.41, 5.74) is 2.00. The molecule has 5 heteroatoms. The number of halogens is 1. The third-order valence-electron chi connectivity index (χ3n) is 2.14. The fourth-order valence-electron chi connectivity index (χ4n) is 1.46. The summed E-state index contributed by atoms with van der Waals surface area (Å²) in [7, 11) is 1.89.